The number of ketones is 1. The first-order valence-corrected chi connectivity index (χ1v) is 5.89. The van der Waals surface area contributed by atoms with Crippen molar-refractivity contribution < 1.29 is 24.2 Å². The number of esters is 1. The Kier molecular flexibility index (Phi) is 5.26. The first-order chi connectivity index (χ1) is 8.88. The molecule has 1 aromatic rings. The SMILES string of the molecule is CCOC(=O)C(C(=O)O)C(=O)c1ccc(Cl)nc1Cl. The summed E-state index contributed by atoms with van der Waals surface area (Å²) in [7, 11) is 0. The molecule has 0 fully saturated rings. The van der Waals surface area contributed by atoms with Gasteiger partial charge >= 0.3 is 11.9 Å². The van der Waals surface area contributed by atoms with Crippen molar-refractivity contribution in [2.45, 2.75) is 6.92 Å². The predicted octanol–water partition coefficient (Wildman–Crippen LogP) is 1.83. The topological polar surface area (TPSA) is 93.6 Å². The highest BCUT2D eigenvalue weighted by atomic mass is 35.5. The number of carboxylic acid groups (broad SMARTS) is 1. The van der Waals surface area contributed by atoms with Gasteiger partial charge < -0.3 is 9.84 Å². The Balaban J connectivity index is 3.13. The van der Waals surface area contributed by atoms with Gasteiger partial charge in [0.05, 0.1) is 12.2 Å². The Labute approximate surface area is 118 Å². The lowest BCUT2D eigenvalue weighted by atomic mass is 9.99. The summed E-state index contributed by atoms with van der Waals surface area (Å²) in [5.74, 6) is -5.74. The number of aliphatic carboxylic acids is 1. The lowest BCUT2D eigenvalue weighted by molar-refractivity contribution is -0.155. The fourth-order valence-corrected chi connectivity index (χ4v) is 1.73. The van der Waals surface area contributed by atoms with E-state index >= 15 is 0 Å². The average Bonchev–Trinajstić information content (AvgIpc) is 2.28. The van der Waals surface area contributed by atoms with Gasteiger partial charge in [-0.25, -0.2) is 4.98 Å². The minimum Gasteiger partial charge on any atom is -0.480 e. The van der Waals surface area contributed by atoms with Crippen LogP contribution >= 0.6 is 23.2 Å². The first-order valence-electron chi connectivity index (χ1n) is 5.14. The van der Waals surface area contributed by atoms with Gasteiger partial charge in [0.25, 0.3) is 0 Å². The lowest BCUT2D eigenvalue weighted by Gasteiger charge is -2.11. The van der Waals surface area contributed by atoms with Crippen molar-refractivity contribution in [1.29, 1.82) is 0 Å². The standard InChI is InChI=1S/C11H9Cl2NO5/c1-2-19-11(18)7(10(16)17)8(15)5-3-4-6(12)14-9(5)13/h3-4,7H,2H2,1H3,(H,16,17). The Morgan fingerprint density at radius 2 is 2.00 bits per heavy atom. The van der Waals surface area contributed by atoms with Crippen molar-refractivity contribution in [3.63, 3.8) is 0 Å². The Hall–Kier alpha value is -1.66. The molecule has 1 atom stereocenters. The molecule has 0 saturated carbocycles. The van der Waals surface area contributed by atoms with E-state index in [1.807, 2.05) is 0 Å². The number of hydrogen-bond acceptors (Lipinski definition) is 5. The molecule has 1 heterocycles. The number of nitrogens with zero attached hydrogens (tertiary/aromatic N) is 1. The molecule has 0 aliphatic carbocycles. The van der Waals surface area contributed by atoms with Crippen LogP contribution in [0.3, 0.4) is 0 Å². The van der Waals surface area contributed by atoms with Crippen LogP contribution in [0, 0.1) is 5.92 Å². The van der Waals surface area contributed by atoms with Crippen molar-refractivity contribution in [2.75, 3.05) is 6.61 Å². The van der Waals surface area contributed by atoms with Crippen molar-refractivity contribution in [3.8, 4) is 0 Å². The summed E-state index contributed by atoms with van der Waals surface area (Å²) in [6, 6.07) is 2.47. The molecular formula is C11H9Cl2NO5. The zero-order valence-corrected chi connectivity index (χ0v) is 11.2. The number of carbonyl (C=O) groups excluding carboxylic acids is 2. The van der Waals surface area contributed by atoms with Gasteiger partial charge in [-0.2, -0.15) is 0 Å². The number of carbonyl (C=O) groups is 3. The van der Waals surface area contributed by atoms with Gasteiger partial charge in [-0.05, 0) is 19.1 Å². The summed E-state index contributed by atoms with van der Waals surface area (Å²) < 4.78 is 4.54. The number of pyridine rings is 1. The van der Waals surface area contributed by atoms with Gasteiger partial charge in [-0.1, -0.05) is 23.2 Å². The van der Waals surface area contributed by atoms with Crippen LogP contribution in [0.15, 0.2) is 12.1 Å². The van der Waals surface area contributed by atoms with E-state index in [0.717, 1.165) is 0 Å². The second-order valence-electron chi connectivity index (χ2n) is 3.36. The maximum atomic E-state index is 12.0. The molecule has 19 heavy (non-hydrogen) atoms. The Bertz CT molecular complexity index is 532. The molecule has 0 amide bonds. The summed E-state index contributed by atoms with van der Waals surface area (Å²) in [4.78, 5) is 38.1. The number of aromatic nitrogens is 1. The van der Waals surface area contributed by atoms with Gasteiger partial charge in [-0.3, -0.25) is 14.4 Å². The van der Waals surface area contributed by atoms with Gasteiger partial charge in [-0.15, -0.1) is 0 Å². The summed E-state index contributed by atoms with van der Waals surface area (Å²) in [5, 5.41) is 8.71. The normalized spacial score (nSPS) is 11.7. The van der Waals surface area contributed by atoms with Crippen molar-refractivity contribution in [1.82, 2.24) is 4.98 Å². The number of hydrogen-bond donors (Lipinski definition) is 1. The molecule has 0 aliphatic heterocycles. The molecule has 0 aromatic carbocycles. The summed E-state index contributed by atoms with van der Waals surface area (Å²) in [6.45, 7) is 1.46. The van der Waals surface area contributed by atoms with E-state index in [9.17, 15) is 14.4 Å². The molecule has 1 unspecified atom stereocenters. The number of halogens is 2. The molecule has 0 spiro atoms. The highest BCUT2D eigenvalue weighted by Gasteiger charge is 2.37. The minimum absolute atomic E-state index is 0.0392. The monoisotopic (exact) mass is 305 g/mol. The molecule has 1 N–H and O–H groups in total. The van der Waals surface area contributed by atoms with E-state index in [4.69, 9.17) is 28.3 Å². The summed E-state index contributed by atoms with van der Waals surface area (Å²) >= 11 is 11.3. The van der Waals surface area contributed by atoms with Crippen molar-refractivity contribution in [2.24, 2.45) is 5.92 Å². The Morgan fingerprint density at radius 1 is 1.37 bits per heavy atom. The molecule has 0 saturated heterocycles. The van der Waals surface area contributed by atoms with E-state index in [1.54, 1.807) is 0 Å². The largest absolute Gasteiger partial charge is 0.480 e. The second kappa shape index (κ2) is 6.49. The number of rotatable bonds is 5. The van der Waals surface area contributed by atoms with Crippen LogP contribution in [0.5, 0.6) is 0 Å². The molecule has 0 aliphatic rings. The third-order valence-electron chi connectivity index (χ3n) is 2.11. The molecule has 1 rings (SSSR count). The smallest absolute Gasteiger partial charge is 0.328 e. The van der Waals surface area contributed by atoms with E-state index < -0.39 is 23.6 Å². The highest BCUT2D eigenvalue weighted by Crippen LogP contribution is 2.21. The average molecular weight is 306 g/mol. The van der Waals surface area contributed by atoms with E-state index in [2.05, 4.69) is 9.72 Å². The number of ether oxygens (including phenoxy) is 1. The Morgan fingerprint density at radius 3 is 2.47 bits per heavy atom. The van der Waals surface area contributed by atoms with Crippen LogP contribution < -0.4 is 0 Å². The van der Waals surface area contributed by atoms with Gasteiger partial charge in [0.15, 0.2) is 5.78 Å². The quantitative estimate of drug-likeness (QED) is 0.386. The third kappa shape index (κ3) is 3.65. The first kappa shape index (κ1) is 15.4. The van der Waals surface area contributed by atoms with Gasteiger partial charge in [0.2, 0.25) is 5.92 Å². The zero-order valence-electron chi connectivity index (χ0n) is 9.72. The summed E-state index contributed by atoms with van der Waals surface area (Å²) in [6.07, 6.45) is 0. The van der Waals surface area contributed by atoms with Gasteiger partial charge in [0.1, 0.15) is 10.3 Å². The number of carboxylic acids is 1. The lowest BCUT2D eigenvalue weighted by Crippen LogP contribution is -2.33. The summed E-state index contributed by atoms with van der Waals surface area (Å²) in [5.41, 5.74) is -0.202. The number of Topliss-reactive ketones (excluding diaryl/α,β-unsaturated/α-hetero) is 1. The zero-order chi connectivity index (χ0) is 14.6. The maximum absolute atomic E-state index is 12.0. The highest BCUT2D eigenvalue weighted by molar-refractivity contribution is 6.36. The molecule has 1 aromatic heterocycles. The van der Waals surface area contributed by atoms with Crippen LogP contribution in [-0.4, -0.2) is 34.4 Å². The minimum atomic E-state index is -1.97. The fourth-order valence-electron chi connectivity index (χ4n) is 1.30. The van der Waals surface area contributed by atoms with Gasteiger partial charge in [0, 0.05) is 0 Å². The van der Waals surface area contributed by atoms with Crippen LogP contribution in [0.2, 0.25) is 10.3 Å². The van der Waals surface area contributed by atoms with Crippen LogP contribution in [-0.2, 0) is 14.3 Å². The molecule has 8 heteroatoms. The van der Waals surface area contributed by atoms with E-state index in [-0.39, 0.29) is 22.5 Å². The van der Waals surface area contributed by atoms with Crippen molar-refractivity contribution >= 4 is 40.9 Å². The van der Waals surface area contributed by atoms with E-state index in [1.165, 1.54) is 19.1 Å². The molecule has 102 valence electrons. The van der Waals surface area contributed by atoms with Crippen molar-refractivity contribution in [3.05, 3.63) is 28.0 Å². The van der Waals surface area contributed by atoms with E-state index in [0.29, 0.717) is 0 Å². The predicted molar refractivity (Wildman–Crippen MR) is 66.3 cm³/mol. The third-order valence-corrected chi connectivity index (χ3v) is 2.61. The molecule has 0 bridgehead atoms. The molecule has 0 radical (unpaired) electrons. The maximum Gasteiger partial charge on any atom is 0.328 e. The fraction of sp³-hybridized carbons (Fsp3) is 0.273. The van der Waals surface area contributed by atoms with Crippen LogP contribution in [0.1, 0.15) is 17.3 Å². The van der Waals surface area contributed by atoms with Crippen LogP contribution in [0.25, 0.3) is 0 Å². The molecule has 6 nitrogen and oxygen atoms in total. The van der Waals surface area contributed by atoms with Crippen LogP contribution in [0.4, 0.5) is 0 Å². The second-order valence-corrected chi connectivity index (χ2v) is 4.11. The molecular weight excluding hydrogens is 297 g/mol.